The molecule has 0 saturated carbocycles. The smallest absolute Gasteiger partial charge is 0.341 e. The number of carbonyl (C=O) groups excluding carboxylic acids is 1. The summed E-state index contributed by atoms with van der Waals surface area (Å²) in [6, 6.07) is 22.4. The number of amides is 2. The third kappa shape index (κ3) is 3.60. The second-order valence-electron chi connectivity index (χ2n) is 6.76. The molecule has 1 aliphatic heterocycles. The predicted molar refractivity (Wildman–Crippen MR) is 109 cm³/mol. The number of hydrogen-bond donors (Lipinski definition) is 3. The van der Waals surface area contributed by atoms with Gasteiger partial charge in [0, 0.05) is 0 Å². The van der Waals surface area contributed by atoms with Crippen LogP contribution in [0.1, 0.15) is 39.0 Å². The van der Waals surface area contributed by atoms with Crippen LogP contribution >= 0.6 is 0 Å². The van der Waals surface area contributed by atoms with Gasteiger partial charge in [0.15, 0.2) is 0 Å². The number of hydrogen-bond acceptors (Lipinski definition) is 3. The van der Waals surface area contributed by atoms with E-state index in [4.69, 9.17) is 0 Å². The van der Waals surface area contributed by atoms with Gasteiger partial charge in [-0.3, -0.25) is 0 Å². The Kier molecular flexibility index (Phi) is 4.83. The number of phenols is 1. The first-order chi connectivity index (χ1) is 14.0. The summed E-state index contributed by atoms with van der Waals surface area (Å²) < 4.78 is 0. The summed E-state index contributed by atoms with van der Waals surface area (Å²) in [7, 11) is 0. The lowest BCUT2D eigenvalue weighted by Crippen LogP contribution is -2.40. The molecule has 3 aromatic rings. The Morgan fingerprint density at radius 3 is 2.17 bits per heavy atom. The minimum absolute atomic E-state index is 0.191. The molecule has 0 saturated heterocycles. The van der Waals surface area contributed by atoms with Crippen molar-refractivity contribution in [3.63, 3.8) is 0 Å². The number of urea groups is 1. The van der Waals surface area contributed by atoms with Gasteiger partial charge in [-0.1, -0.05) is 66.7 Å². The fourth-order valence-electron chi connectivity index (χ4n) is 3.65. The van der Waals surface area contributed by atoms with Gasteiger partial charge in [-0.05, 0) is 28.8 Å². The number of carboxylic acid groups (broad SMARTS) is 1. The normalized spacial score (nSPS) is 18.6. The molecular weight excluding hydrogens is 368 g/mol. The molecule has 0 fully saturated rings. The Morgan fingerprint density at radius 1 is 0.897 bits per heavy atom. The SMILES string of the molecule is O=C1N=C(c2ccccc2)C(c2ccccc2)C(c2ccc(C(=O)O)c(O)c2)N1. The predicted octanol–water partition coefficient (Wildman–Crippen LogP) is 4.13. The van der Waals surface area contributed by atoms with Gasteiger partial charge in [-0.25, -0.2) is 9.59 Å². The van der Waals surface area contributed by atoms with Crippen molar-refractivity contribution >= 4 is 17.7 Å². The lowest BCUT2D eigenvalue weighted by atomic mass is 9.80. The van der Waals surface area contributed by atoms with E-state index in [1.807, 2.05) is 60.7 Å². The Morgan fingerprint density at radius 2 is 1.55 bits per heavy atom. The average Bonchev–Trinajstić information content (AvgIpc) is 2.74. The van der Waals surface area contributed by atoms with E-state index in [0.29, 0.717) is 11.3 Å². The zero-order valence-electron chi connectivity index (χ0n) is 15.3. The van der Waals surface area contributed by atoms with Gasteiger partial charge in [0.2, 0.25) is 0 Å². The van der Waals surface area contributed by atoms with E-state index in [0.717, 1.165) is 11.1 Å². The summed E-state index contributed by atoms with van der Waals surface area (Å²) in [6.45, 7) is 0. The van der Waals surface area contributed by atoms with E-state index >= 15 is 0 Å². The molecule has 6 nitrogen and oxygen atoms in total. The maximum Gasteiger partial charge on any atom is 0.341 e. The van der Waals surface area contributed by atoms with Gasteiger partial charge in [0.05, 0.1) is 17.7 Å². The molecule has 144 valence electrons. The van der Waals surface area contributed by atoms with Gasteiger partial charge in [0.25, 0.3) is 0 Å². The van der Waals surface area contributed by atoms with Crippen LogP contribution in [0.5, 0.6) is 5.75 Å². The van der Waals surface area contributed by atoms with Gasteiger partial charge in [-0.2, -0.15) is 4.99 Å². The van der Waals surface area contributed by atoms with Crippen molar-refractivity contribution in [2.75, 3.05) is 0 Å². The molecular formula is C23H18N2O4. The molecule has 6 heteroatoms. The number of rotatable bonds is 4. The van der Waals surface area contributed by atoms with Crippen LogP contribution in [-0.4, -0.2) is 27.9 Å². The van der Waals surface area contributed by atoms with Gasteiger partial charge < -0.3 is 15.5 Å². The number of carboxylic acids is 1. The summed E-state index contributed by atoms with van der Waals surface area (Å²) in [5, 5.41) is 22.2. The van der Waals surface area contributed by atoms with Crippen LogP contribution in [0.4, 0.5) is 4.79 Å². The number of aromatic hydroxyl groups is 1. The van der Waals surface area contributed by atoms with Crippen molar-refractivity contribution in [2.45, 2.75) is 12.0 Å². The Hall–Kier alpha value is -3.93. The summed E-state index contributed by atoms with van der Waals surface area (Å²) in [6.07, 6.45) is 0. The van der Waals surface area contributed by atoms with Crippen LogP contribution < -0.4 is 5.32 Å². The molecule has 0 radical (unpaired) electrons. The van der Waals surface area contributed by atoms with Gasteiger partial charge in [0.1, 0.15) is 11.3 Å². The summed E-state index contributed by atoms with van der Waals surface area (Å²) in [5.41, 5.74) is 2.80. The minimum atomic E-state index is -1.21. The Balaban J connectivity index is 1.86. The van der Waals surface area contributed by atoms with Crippen molar-refractivity contribution in [2.24, 2.45) is 4.99 Å². The molecule has 0 bridgehead atoms. The first-order valence-corrected chi connectivity index (χ1v) is 9.10. The molecule has 0 aliphatic carbocycles. The van der Waals surface area contributed by atoms with Crippen LogP contribution in [0, 0.1) is 0 Å². The van der Waals surface area contributed by atoms with Gasteiger partial charge >= 0.3 is 12.0 Å². The van der Waals surface area contributed by atoms with E-state index < -0.39 is 18.0 Å². The molecule has 1 heterocycles. The molecule has 29 heavy (non-hydrogen) atoms. The summed E-state index contributed by atoms with van der Waals surface area (Å²) in [5.74, 6) is -1.88. The standard InChI is InChI=1S/C23H18N2O4/c26-18-13-16(11-12-17(18)22(27)28)21-19(14-7-3-1-4-8-14)20(24-23(29)25-21)15-9-5-2-6-10-15/h1-13,19,21,26H,(H,25,29)(H,27,28). The van der Waals surface area contributed by atoms with Crippen LogP contribution in [0.3, 0.4) is 0 Å². The number of nitrogens with zero attached hydrogens (tertiary/aromatic N) is 1. The number of carbonyl (C=O) groups is 2. The van der Waals surface area contributed by atoms with Gasteiger partial charge in [-0.15, -0.1) is 0 Å². The second kappa shape index (κ2) is 7.59. The highest BCUT2D eigenvalue weighted by molar-refractivity contribution is 6.12. The van der Waals surface area contributed by atoms with Crippen LogP contribution in [0.25, 0.3) is 0 Å². The maximum atomic E-state index is 12.4. The van der Waals surface area contributed by atoms with Crippen molar-refractivity contribution in [3.05, 3.63) is 101 Å². The first kappa shape index (κ1) is 18.4. The molecule has 2 unspecified atom stereocenters. The van der Waals surface area contributed by atoms with E-state index in [1.54, 1.807) is 6.07 Å². The topological polar surface area (TPSA) is 99.0 Å². The molecule has 0 aromatic heterocycles. The summed E-state index contributed by atoms with van der Waals surface area (Å²) in [4.78, 5) is 27.9. The van der Waals surface area contributed by atoms with E-state index in [9.17, 15) is 19.8 Å². The van der Waals surface area contributed by atoms with E-state index in [-0.39, 0.29) is 17.2 Å². The lowest BCUT2D eigenvalue weighted by molar-refractivity contribution is 0.0693. The molecule has 3 N–H and O–H groups in total. The molecule has 4 rings (SSSR count). The zero-order chi connectivity index (χ0) is 20.4. The molecule has 2 amide bonds. The minimum Gasteiger partial charge on any atom is -0.507 e. The number of benzene rings is 3. The molecule has 2 atom stereocenters. The largest absolute Gasteiger partial charge is 0.507 e. The molecule has 3 aromatic carbocycles. The van der Waals surface area contributed by atoms with E-state index in [2.05, 4.69) is 10.3 Å². The Bertz CT molecular complexity index is 1090. The number of aromatic carboxylic acids is 1. The fraction of sp³-hybridized carbons (Fsp3) is 0.0870. The third-order valence-corrected chi connectivity index (χ3v) is 4.97. The Labute approximate surface area is 167 Å². The van der Waals surface area contributed by atoms with Crippen LogP contribution in [0.15, 0.2) is 83.9 Å². The molecule has 1 aliphatic rings. The van der Waals surface area contributed by atoms with Crippen molar-refractivity contribution in [1.29, 1.82) is 0 Å². The number of aliphatic imine (C=N–C) groups is 1. The summed E-state index contributed by atoms with van der Waals surface area (Å²) >= 11 is 0. The highest BCUT2D eigenvalue weighted by atomic mass is 16.4. The van der Waals surface area contributed by atoms with Crippen molar-refractivity contribution in [3.8, 4) is 5.75 Å². The van der Waals surface area contributed by atoms with Crippen LogP contribution in [0.2, 0.25) is 0 Å². The fourth-order valence-corrected chi connectivity index (χ4v) is 3.65. The third-order valence-electron chi connectivity index (χ3n) is 4.97. The number of nitrogens with one attached hydrogen (secondary N) is 1. The highest BCUT2D eigenvalue weighted by Crippen LogP contribution is 2.38. The maximum absolute atomic E-state index is 12.4. The van der Waals surface area contributed by atoms with Crippen LogP contribution in [-0.2, 0) is 0 Å². The lowest BCUT2D eigenvalue weighted by Gasteiger charge is -2.33. The van der Waals surface area contributed by atoms with Crippen molar-refractivity contribution in [1.82, 2.24) is 5.32 Å². The highest BCUT2D eigenvalue weighted by Gasteiger charge is 2.35. The average molecular weight is 386 g/mol. The van der Waals surface area contributed by atoms with Crippen molar-refractivity contribution < 1.29 is 19.8 Å². The quantitative estimate of drug-likeness (QED) is 0.628. The van der Waals surface area contributed by atoms with E-state index in [1.165, 1.54) is 12.1 Å². The second-order valence-corrected chi connectivity index (χ2v) is 6.76. The monoisotopic (exact) mass is 386 g/mol. The molecule has 0 spiro atoms. The first-order valence-electron chi connectivity index (χ1n) is 9.10. The zero-order valence-corrected chi connectivity index (χ0v) is 15.3.